The van der Waals surface area contributed by atoms with E-state index >= 15 is 0 Å². The van der Waals surface area contributed by atoms with Crippen LogP contribution in [-0.4, -0.2) is 38.8 Å². The largest absolute Gasteiger partial charge is 0.380 e. The summed E-state index contributed by atoms with van der Waals surface area (Å²) in [4.78, 5) is 11.4. The molecule has 1 aliphatic rings. The SMILES string of the molecule is CC(C)CCOCCNC(=O)CNCC1CC1.Cl. The zero-order valence-corrected chi connectivity index (χ0v) is 12.4. The van der Waals surface area contributed by atoms with Crippen molar-refractivity contribution in [3.8, 4) is 0 Å². The molecule has 0 heterocycles. The first-order valence-corrected chi connectivity index (χ1v) is 6.73. The van der Waals surface area contributed by atoms with Crippen LogP contribution in [0.1, 0.15) is 33.1 Å². The number of carbonyl (C=O) groups is 1. The van der Waals surface area contributed by atoms with Crippen molar-refractivity contribution in [1.29, 1.82) is 0 Å². The van der Waals surface area contributed by atoms with Crippen molar-refractivity contribution >= 4 is 18.3 Å². The third-order valence-electron chi connectivity index (χ3n) is 2.82. The lowest BCUT2D eigenvalue weighted by molar-refractivity contribution is -0.120. The van der Waals surface area contributed by atoms with Gasteiger partial charge in [0.2, 0.25) is 5.91 Å². The molecule has 2 N–H and O–H groups in total. The molecule has 0 atom stereocenters. The Labute approximate surface area is 117 Å². The second-order valence-electron chi connectivity index (χ2n) is 5.22. The molecule has 4 nitrogen and oxygen atoms in total. The summed E-state index contributed by atoms with van der Waals surface area (Å²) in [6.45, 7) is 7.78. The van der Waals surface area contributed by atoms with E-state index in [1.807, 2.05) is 0 Å². The van der Waals surface area contributed by atoms with E-state index in [4.69, 9.17) is 4.74 Å². The summed E-state index contributed by atoms with van der Waals surface area (Å²) in [7, 11) is 0. The van der Waals surface area contributed by atoms with Crippen molar-refractivity contribution in [2.75, 3.05) is 32.8 Å². The number of hydrogen-bond acceptors (Lipinski definition) is 3. The second-order valence-corrected chi connectivity index (χ2v) is 5.22. The topological polar surface area (TPSA) is 50.4 Å². The molecule has 1 amide bonds. The van der Waals surface area contributed by atoms with Crippen molar-refractivity contribution in [2.45, 2.75) is 33.1 Å². The van der Waals surface area contributed by atoms with E-state index in [1.54, 1.807) is 0 Å². The Morgan fingerprint density at radius 1 is 1.33 bits per heavy atom. The van der Waals surface area contributed by atoms with Crippen LogP contribution < -0.4 is 10.6 Å². The second kappa shape index (κ2) is 10.6. The van der Waals surface area contributed by atoms with Crippen LogP contribution in [0.4, 0.5) is 0 Å². The van der Waals surface area contributed by atoms with Crippen LogP contribution in [0.15, 0.2) is 0 Å². The van der Waals surface area contributed by atoms with Crippen LogP contribution in [0.2, 0.25) is 0 Å². The number of ether oxygens (including phenoxy) is 1. The summed E-state index contributed by atoms with van der Waals surface area (Å²) in [5.41, 5.74) is 0. The Morgan fingerprint density at radius 2 is 2.06 bits per heavy atom. The third-order valence-corrected chi connectivity index (χ3v) is 2.82. The van der Waals surface area contributed by atoms with E-state index in [1.165, 1.54) is 12.8 Å². The van der Waals surface area contributed by atoms with E-state index in [0.717, 1.165) is 25.5 Å². The van der Waals surface area contributed by atoms with E-state index in [-0.39, 0.29) is 18.3 Å². The van der Waals surface area contributed by atoms with Gasteiger partial charge in [-0.25, -0.2) is 0 Å². The van der Waals surface area contributed by atoms with Gasteiger partial charge in [-0.05, 0) is 37.6 Å². The number of nitrogens with one attached hydrogen (secondary N) is 2. The molecule has 0 aromatic rings. The minimum absolute atomic E-state index is 0. The van der Waals surface area contributed by atoms with Gasteiger partial charge in [-0.2, -0.15) is 0 Å². The molecular weight excluding hydrogens is 252 g/mol. The van der Waals surface area contributed by atoms with Crippen molar-refractivity contribution in [2.24, 2.45) is 11.8 Å². The average molecular weight is 279 g/mol. The molecule has 1 saturated carbocycles. The predicted molar refractivity (Wildman–Crippen MR) is 76.1 cm³/mol. The number of rotatable bonds is 10. The zero-order chi connectivity index (χ0) is 12.5. The maximum atomic E-state index is 11.4. The predicted octanol–water partition coefficient (Wildman–Crippen LogP) is 1.59. The highest BCUT2D eigenvalue weighted by Crippen LogP contribution is 2.27. The summed E-state index contributed by atoms with van der Waals surface area (Å²) in [6.07, 6.45) is 3.72. The summed E-state index contributed by atoms with van der Waals surface area (Å²) in [6, 6.07) is 0. The van der Waals surface area contributed by atoms with E-state index in [2.05, 4.69) is 24.5 Å². The molecule has 0 aromatic carbocycles. The number of carbonyl (C=O) groups excluding carboxylic acids is 1. The lowest BCUT2D eigenvalue weighted by atomic mass is 10.1. The maximum Gasteiger partial charge on any atom is 0.234 e. The molecule has 1 aliphatic carbocycles. The fourth-order valence-electron chi connectivity index (χ4n) is 1.46. The Kier molecular flexibility index (Phi) is 10.4. The molecule has 1 fully saturated rings. The van der Waals surface area contributed by atoms with Gasteiger partial charge in [-0.1, -0.05) is 13.8 Å². The van der Waals surface area contributed by atoms with Gasteiger partial charge >= 0.3 is 0 Å². The van der Waals surface area contributed by atoms with Crippen molar-refractivity contribution in [3.63, 3.8) is 0 Å². The van der Waals surface area contributed by atoms with E-state index in [0.29, 0.717) is 25.6 Å². The highest BCUT2D eigenvalue weighted by Gasteiger charge is 2.20. The fourth-order valence-corrected chi connectivity index (χ4v) is 1.46. The third kappa shape index (κ3) is 10.8. The first kappa shape index (κ1) is 17.7. The Morgan fingerprint density at radius 3 is 2.67 bits per heavy atom. The molecule has 18 heavy (non-hydrogen) atoms. The Hall–Kier alpha value is -0.320. The minimum Gasteiger partial charge on any atom is -0.380 e. The lowest BCUT2D eigenvalue weighted by Crippen LogP contribution is -2.36. The molecule has 5 heteroatoms. The summed E-state index contributed by atoms with van der Waals surface area (Å²) in [5, 5.41) is 6.00. The molecule has 0 radical (unpaired) electrons. The molecular formula is C13H27ClN2O2. The van der Waals surface area contributed by atoms with Crippen molar-refractivity contribution < 1.29 is 9.53 Å². The highest BCUT2D eigenvalue weighted by atomic mass is 35.5. The lowest BCUT2D eigenvalue weighted by Gasteiger charge is -2.08. The van der Waals surface area contributed by atoms with E-state index in [9.17, 15) is 4.79 Å². The Balaban J connectivity index is 0.00000289. The smallest absolute Gasteiger partial charge is 0.234 e. The molecule has 0 aromatic heterocycles. The quantitative estimate of drug-likeness (QED) is 0.597. The van der Waals surface area contributed by atoms with Crippen molar-refractivity contribution in [1.82, 2.24) is 10.6 Å². The molecule has 108 valence electrons. The maximum absolute atomic E-state index is 11.4. The van der Waals surface area contributed by atoms with Crippen LogP contribution in [0.3, 0.4) is 0 Å². The van der Waals surface area contributed by atoms with Crippen LogP contribution in [0.5, 0.6) is 0 Å². The molecule has 0 aliphatic heterocycles. The standard InChI is InChI=1S/C13H26N2O2.ClH/c1-11(2)5-7-17-8-6-15-13(16)10-14-9-12-3-4-12;/h11-12,14H,3-10H2,1-2H3,(H,15,16);1H. The zero-order valence-electron chi connectivity index (χ0n) is 11.5. The highest BCUT2D eigenvalue weighted by molar-refractivity contribution is 5.85. The number of halogens is 1. The first-order chi connectivity index (χ1) is 8.18. The monoisotopic (exact) mass is 278 g/mol. The summed E-state index contributed by atoms with van der Waals surface area (Å²) in [5.74, 6) is 1.57. The van der Waals surface area contributed by atoms with Crippen LogP contribution in [0.25, 0.3) is 0 Å². The molecule has 0 bridgehead atoms. The van der Waals surface area contributed by atoms with Gasteiger partial charge in [-0.15, -0.1) is 12.4 Å². The fraction of sp³-hybridized carbons (Fsp3) is 0.923. The normalized spacial score (nSPS) is 14.4. The van der Waals surface area contributed by atoms with Gasteiger partial charge in [-0.3, -0.25) is 4.79 Å². The van der Waals surface area contributed by atoms with Crippen LogP contribution in [0, 0.1) is 11.8 Å². The molecule has 0 unspecified atom stereocenters. The van der Waals surface area contributed by atoms with Crippen LogP contribution >= 0.6 is 12.4 Å². The molecule has 0 saturated heterocycles. The number of hydrogen-bond donors (Lipinski definition) is 2. The van der Waals surface area contributed by atoms with Gasteiger partial charge in [0.25, 0.3) is 0 Å². The van der Waals surface area contributed by atoms with Gasteiger partial charge in [0.15, 0.2) is 0 Å². The van der Waals surface area contributed by atoms with Gasteiger partial charge in [0, 0.05) is 13.2 Å². The first-order valence-electron chi connectivity index (χ1n) is 6.73. The Bertz CT molecular complexity index is 221. The summed E-state index contributed by atoms with van der Waals surface area (Å²) < 4.78 is 5.41. The molecule has 0 spiro atoms. The van der Waals surface area contributed by atoms with Gasteiger partial charge < -0.3 is 15.4 Å². The molecule has 1 rings (SSSR count). The van der Waals surface area contributed by atoms with Gasteiger partial charge in [0.05, 0.1) is 13.2 Å². The number of amides is 1. The average Bonchev–Trinajstić information content (AvgIpc) is 3.06. The van der Waals surface area contributed by atoms with E-state index < -0.39 is 0 Å². The van der Waals surface area contributed by atoms with Crippen molar-refractivity contribution in [3.05, 3.63) is 0 Å². The summed E-state index contributed by atoms with van der Waals surface area (Å²) >= 11 is 0. The van der Waals surface area contributed by atoms with Gasteiger partial charge in [0.1, 0.15) is 0 Å². The minimum atomic E-state index is 0. The van der Waals surface area contributed by atoms with Crippen LogP contribution in [-0.2, 0) is 9.53 Å².